The summed E-state index contributed by atoms with van der Waals surface area (Å²) in [5.41, 5.74) is 1.19. The highest BCUT2D eigenvalue weighted by Gasteiger charge is 2.41. The molecular formula is C24H24F3N5O5. The molecule has 0 spiro atoms. The highest BCUT2D eigenvalue weighted by atomic mass is 19.4. The van der Waals surface area contributed by atoms with Crippen molar-refractivity contribution in [2.45, 2.75) is 25.4 Å². The average Bonchev–Trinajstić information content (AvgIpc) is 3.38. The maximum Gasteiger partial charge on any atom is 0.573 e. The van der Waals surface area contributed by atoms with Crippen LogP contribution in [0.1, 0.15) is 6.92 Å². The molecule has 0 aliphatic carbocycles. The van der Waals surface area contributed by atoms with E-state index in [4.69, 9.17) is 9.47 Å². The largest absolute Gasteiger partial charge is 0.573 e. The van der Waals surface area contributed by atoms with E-state index in [-0.39, 0.29) is 24.2 Å². The van der Waals surface area contributed by atoms with Gasteiger partial charge in [-0.3, -0.25) is 4.57 Å². The standard InChI is InChI=1S/C24H24F3N5O5/c1-23(15-31-14-21(32(33)34)28-22(31)37-23)16-35-19-6-2-17(3-7-19)29-10-12-30(13-11-29)18-4-8-20(9-5-18)36-24(25,26)27/h2-9,14H,10-13,15-16H2,1H3/t23-/m1/s1. The van der Waals surface area contributed by atoms with E-state index in [2.05, 4.69) is 19.5 Å². The summed E-state index contributed by atoms with van der Waals surface area (Å²) >= 11 is 0. The van der Waals surface area contributed by atoms with Crippen LogP contribution in [0.15, 0.2) is 54.7 Å². The molecule has 3 heterocycles. The Morgan fingerprint density at radius 2 is 1.54 bits per heavy atom. The first-order valence-corrected chi connectivity index (χ1v) is 11.6. The molecule has 13 heteroatoms. The number of fused-ring (bicyclic) bond motifs is 1. The van der Waals surface area contributed by atoms with E-state index in [1.165, 1.54) is 18.3 Å². The molecule has 3 aromatic rings. The van der Waals surface area contributed by atoms with Crippen LogP contribution >= 0.6 is 0 Å². The topological polar surface area (TPSA) is 95.1 Å². The van der Waals surface area contributed by atoms with Gasteiger partial charge in [-0.1, -0.05) is 0 Å². The second kappa shape index (κ2) is 9.37. The molecule has 2 aliphatic rings. The van der Waals surface area contributed by atoms with E-state index < -0.39 is 16.9 Å². The van der Waals surface area contributed by atoms with Crippen LogP contribution in [0.2, 0.25) is 0 Å². The van der Waals surface area contributed by atoms with Crippen LogP contribution in [-0.4, -0.2) is 59.2 Å². The Hall–Kier alpha value is -4.16. The van der Waals surface area contributed by atoms with Gasteiger partial charge in [0.2, 0.25) is 0 Å². The zero-order valence-electron chi connectivity index (χ0n) is 19.8. The number of alkyl halides is 3. The van der Waals surface area contributed by atoms with Gasteiger partial charge in [0.25, 0.3) is 0 Å². The first-order chi connectivity index (χ1) is 17.6. The third-order valence-corrected chi connectivity index (χ3v) is 6.22. The summed E-state index contributed by atoms with van der Waals surface area (Å²) in [6.07, 6.45) is -3.35. The summed E-state index contributed by atoms with van der Waals surface area (Å²) in [6.45, 7) is 5.45. The molecular weight excluding hydrogens is 495 g/mol. The quantitative estimate of drug-likeness (QED) is 0.338. The highest BCUT2D eigenvalue weighted by Crippen LogP contribution is 2.32. The van der Waals surface area contributed by atoms with E-state index in [0.29, 0.717) is 12.3 Å². The second-order valence-corrected chi connectivity index (χ2v) is 9.12. The van der Waals surface area contributed by atoms with E-state index in [9.17, 15) is 23.3 Å². The fourth-order valence-corrected chi connectivity index (χ4v) is 4.43. The smallest absolute Gasteiger partial charge is 0.489 e. The Morgan fingerprint density at radius 3 is 2.03 bits per heavy atom. The van der Waals surface area contributed by atoms with Crippen molar-refractivity contribution in [3.63, 3.8) is 0 Å². The Kier molecular flexibility index (Phi) is 6.21. The van der Waals surface area contributed by atoms with Gasteiger partial charge in [-0.25, -0.2) is 0 Å². The number of hydrogen-bond acceptors (Lipinski definition) is 8. The number of rotatable bonds is 7. The summed E-state index contributed by atoms with van der Waals surface area (Å²) < 4.78 is 54.3. The van der Waals surface area contributed by atoms with Crippen molar-refractivity contribution in [1.29, 1.82) is 0 Å². The first kappa shape index (κ1) is 24.5. The van der Waals surface area contributed by atoms with Crippen LogP contribution in [-0.2, 0) is 6.54 Å². The second-order valence-electron chi connectivity index (χ2n) is 9.12. The monoisotopic (exact) mass is 519 g/mol. The van der Waals surface area contributed by atoms with Crippen LogP contribution in [0.3, 0.4) is 0 Å². The lowest BCUT2D eigenvalue weighted by Crippen LogP contribution is -2.46. The summed E-state index contributed by atoms with van der Waals surface area (Å²) in [7, 11) is 0. The number of ether oxygens (including phenoxy) is 3. The van der Waals surface area contributed by atoms with E-state index >= 15 is 0 Å². The van der Waals surface area contributed by atoms with Gasteiger partial charge in [-0.05, 0) is 60.4 Å². The molecule has 2 aromatic carbocycles. The van der Waals surface area contributed by atoms with Crippen LogP contribution < -0.4 is 24.0 Å². The number of nitro groups is 1. The molecule has 1 saturated heterocycles. The number of hydrogen-bond donors (Lipinski definition) is 0. The Balaban J connectivity index is 1.11. The number of halogens is 3. The third-order valence-electron chi connectivity index (χ3n) is 6.22. The molecule has 2 aliphatic heterocycles. The van der Waals surface area contributed by atoms with Crippen molar-refractivity contribution in [2.24, 2.45) is 0 Å². The first-order valence-electron chi connectivity index (χ1n) is 11.6. The van der Waals surface area contributed by atoms with Crippen molar-refractivity contribution >= 4 is 17.2 Å². The van der Waals surface area contributed by atoms with Crippen LogP contribution in [0.5, 0.6) is 17.5 Å². The number of nitrogens with zero attached hydrogens (tertiary/aromatic N) is 5. The zero-order chi connectivity index (χ0) is 26.2. The van der Waals surface area contributed by atoms with E-state index in [1.807, 2.05) is 31.2 Å². The molecule has 1 aromatic heterocycles. The minimum Gasteiger partial charge on any atom is -0.489 e. The number of benzene rings is 2. The molecule has 0 amide bonds. The van der Waals surface area contributed by atoms with Crippen molar-refractivity contribution in [3.05, 3.63) is 64.8 Å². The molecule has 0 N–H and O–H groups in total. The average molecular weight is 519 g/mol. The predicted octanol–water partition coefficient (Wildman–Crippen LogP) is 4.25. The fourth-order valence-electron chi connectivity index (χ4n) is 4.43. The lowest BCUT2D eigenvalue weighted by atomic mass is 10.1. The SMILES string of the molecule is C[C@]1(COc2ccc(N3CCN(c4ccc(OC(F)(F)F)cc4)CC3)cc2)Cn2cc([N+](=O)[O-])nc2O1. The number of piperazine rings is 1. The Bertz CT molecular complexity index is 1230. The van der Waals surface area contributed by atoms with Crippen molar-refractivity contribution in [3.8, 4) is 17.5 Å². The zero-order valence-corrected chi connectivity index (χ0v) is 19.8. The molecule has 0 radical (unpaired) electrons. The minimum absolute atomic E-state index is 0.206. The molecule has 10 nitrogen and oxygen atoms in total. The van der Waals surface area contributed by atoms with Gasteiger partial charge in [0, 0.05) is 42.5 Å². The van der Waals surface area contributed by atoms with Crippen LogP contribution in [0, 0.1) is 10.1 Å². The maximum absolute atomic E-state index is 12.4. The summed E-state index contributed by atoms with van der Waals surface area (Å²) in [6, 6.07) is 13.8. The Morgan fingerprint density at radius 1 is 1.00 bits per heavy atom. The fraction of sp³-hybridized carbons (Fsp3) is 0.375. The number of anilines is 2. The summed E-state index contributed by atoms with van der Waals surface area (Å²) in [4.78, 5) is 18.5. The lowest BCUT2D eigenvalue weighted by Gasteiger charge is -2.37. The summed E-state index contributed by atoms with van der Waals surface area (Å²) in [5.74, 6) is 0.187. The molecule has 5 rings (SSSR count). The van der Waals surface area contributed by atoms with Crippen molar-refractivity contribution in [1.82, 2.24) is 9.55 Å². The van der Waals surface area contributed by atoms with Crippen LogP contribution in [0.4, 0.5) is 30.4 Å². The predicted molar refractivity (Wildman–Crippen MR) is 127 cm³/mol. The van der Waals surface area contributed by atoms with Crippen LogP contribution in [0.25, 0.3) is 0 Å². The van der Waals surface area contributed by atoms with Gasteiger partial charge in [0.15, 0.2) is 5.60 Å². The normalized spacial score (nSPS) is 19.4. The number of imidazole rings is 1. The third kappa shape index (κ3) is 5.65. The van der Waals surface area contributed by atoms with Gasteiger partial charge in [0.05, 0.1) is 6.54 Å². The van der Waals surface area contributed by atoms with Gasteiger partial charge in [-0.15, -0.1) is 13.2 Å². The highest BCUT2D eigenvalue weighted by molar-refractivity contribution is 5.54. The molecule has 196 valence electrons. The van der Waals surface area contributed by atoms with Crippen molar-refractivity contribution in [2.75, 3.05) is 42.6 Å². The van der Waals surface area contributed by atoms with Gasteiger partial charge >= 0.3 is 18.2 Å². The molecule has 37 heavy (non-hydrogen) atoms. The van der Waals surface area contributed by atoms with Gasteiger partial charge in [0.1, 0.15) is 24.3 Å². The van der Waals surface area contributed by atoms with Crippen molar-refractivity contribution < 1.29 is 32.3 Å². The van der Waals surface area contributed by atoms with Gasteiger partial charge in [-0.2, -0.15) is 0 Å². The summed E-state index contributed by atoms with van der Waals surface area (Å²) in [5, 5.41) is 10.9. The minimum atomic E-state index is -4.70. The Labute approximate surface area is 209 Å². The lowest BCUT2D eigenvalue weighted by molar-refractivity contribution is -0.389. The van der Waals surface area contributed by atoms with E-state index in [1.54, 1.807) is 16.7 Å². The van der Waals surface area contributed by atoms with E-state index in [0.717, 1.165) is 37.6 Å². The maximum atomic E-state index is 12.4. The molecule has 1 fully saturated rings. The van der Waals surface area contributed by atoms with Gasteiger partial charge < -0.3 is 34.1 Å². The molecule has 0 bridgehead atoms. The molecule has 0 saturated carbocycles. The molecule has 1 atom stereocenters. The molecule has 0 unspecified atom stereocenters. The number of aromatic nitrogens is 2.